The van der Waals surface area contributed by atoms with Crippen molar-refractivity contribution >= 4 is 18.0 Å². The van der Waals surface area contributed by atoms with Crippen LogP contribution in [0, 0.1) is 11.3 Å². The maximum atomic E-state index is 13.8. The van der Waals surface area contributed by atoms with Crippen LogP contribution in [0.5, 0.6) is 0 Å². The number of ether oxygens (including phenoxy) is 1. The Bertz CT molecular complexity index is 1650. The quantitative estimate of drug-likeness (QED) is 0.209. The number of carboxylic acids is 1. The molecule has 1 saturated carbocycles. The minimum Gasteiger partial charge on any atom is -0.481 e. The van der Waals surface area contributed by atoms with Crippen molar-refractivity contribution in [2.24, 2.45) is 18.4 Å². The number of aliphatic carboxylic acids is 1. The second-order valence-corrected chi connectivity index (χ2v) is 14.2. The summed E-state index contributed by atoms with van der Waals surface area (Å²) in [5, 5.41) is 9.56. The number of anilines is 1. The van der Waals surface area contributed by atoms with E-state index in [1.165, 1.54) is 0 Å². The number of carboxylic acid groups (broad SMARTS) is 1. The van der Waals surface area contributed by atoms with Gasteiger partial charge in [-0.1, -0.05) is 13.8 Å². The highest BCUT2D eigenvalue weighted by Gasteiger charge is 2.48. The Morgan fingerprint density at radius 3 is 1.90 bits per heavy atom. The molecule has 1 saturated heterocycles. The summed E-state index contributed by atoms with van der Waals surface area (Å²) in [7, 11) is 1.85. The first-order chi connectivity index (χ1) is 23.8. The largest absolute Gasteiger partial charge is 0.481 e. The van der Waals surface area contributed by atoms with Crippen LogP contribution in [0.15, 0.2) is 49.1 Å². The highest BCUT2D eigenvalue weighted by Crippen LogP contribution is 2.44. The molecule has 3 aromatic rings. The summed E-state index contributed by atoms with van der Waals surface area (Å²) < 4.78 is 90.6. The summed E-state index contributed by atoms with van der Waals surface area (Å²) in [4.78, 5) is 37.7. The molecule has 15 heteroatoms. The number of hydrogen-bond donors (Lipinski definition) is 1. The average molecular weight is 724 g/mol. The Kier molecular flexibility index (Phi) is 10.7. The van der Waals surface area contributed by atoms with Crippen LogP contribution in [-0.2, 0) is 35.5 Å². The van der Waals surface area contributed by atoms with Gasteiger partial charge in [-0.25, -0.2) is 14.8 Å². The van der Waals surface area contributed by atoms with Crippen molar-refractivity contribution in [3.05, 3.63) is 65.7 Å². The van der Waals surface area contributed by atoms with E-state index in [4.69, 9.17) is 4.74 Å². The molecule has 0 spiro atoms. The zero-order valence-corrected chi connectivity index (χ0v) is 29.1. The van der Waals surface area contributed by atoms with Crippen molar-refractivity contribution < 1.29 is 45.8 Å². The summed E-state index contributed by atoms with van der Waals surface area (Å²) in [6.07, 6.45) is -1.61. The Morgan fingerprint density at radius 2 is 1.45 bits per heavy atom. The third kappa shape index (κ3) is 8.27. The van der Waals surface area contributed by atoms with E-state index in [0.717, 1.165) is 17.7 Å². The predicted molar refractivity (Wildman–Crippen MR) is 176 cm³/mol. The highest BCUT2D eigenvalue weighted by atomic mass is 19.4. The van der Waals surface area contributed by atoms with Crippen molar-refractivity contribution in [2.75, 3.05) is 4.90 Å². The molecule has 3 heterocycles. The third-order valence-corrected chi connectivity index (χ3v) is 10.5. The topological polar surface area (TPSA) is 101 Å². The number of hydrogen-bond acceptors (Lipinski definition) is 6. The number of halogens is 6. The van der Waals surface area contributed by atoms with E-state index in [2.05, 4.69) is 9.97 Å². The van der Waals surface area contributed by atoms with Gasteiger partial charge in [0.05, 0.1) is 16.5 Å². The summed E-state index contributed by atoms with van der Waals surface area (Å²) in [6.45, 7) is 6.75. The van der Waals surface area contributed by atoms with Crippen LogP contribution < -0.4 is 4.90 Å². The zero-order chi connectivity index (χ0) is 37.5. The molecule has 0 radical (unpaired) electrons. The van der Waals surface area contributed by atoms with Crippen molar-refractivity contribution in [3.8, 4) is 11.1 Å². The molecule has 278 valence electrons. The normalized spacial score (nSPS) is 22.7. The van der Waals surface area contributed by atoms with Crippen molar-refractivity contribution in [1.82, 2.24) is 19.4 Å². The van der Waals surface area contributed by atoms with Gasteiger partial charge in [0.15, 0.2) is 0 Å². The van der Waals surface area contributed by atoms with E-state index in [9.17, 15) is 41.0 Å². The Balaban J connectivity index is 1.44. The van der Waals surface area contributed by atoms with Crippen LogP contribution in [0.4, 0.5) is 37.1 Å². The second kappa shape index (κ2) is 14.4. The molecule has 1 amide bonds. The molecule has 0 bridgehead atoms. The lowest BCUT2D eigenvalue weighted by Crippen LogP contribution is -2.58. The van der Waals surface area contributed by atoms with Crippen LogP contribution >= 0.6 is 0 Å². The number of likely N-dealkylation sites (tertiary alicyclic amines) is 1. The lowest BCUT2D eigenvalue weighted by atomic mass is 9.66. The van der Waals surface area contributed by atoms with E-state index >= 15 is 0 Å². The van der Waals surface area contributed by atoms with Crippen LogP contribution in [0.25, 0.3) is 11.1 Å². The standard InChI is InChI=1S/C36H43F6N5O4/c1-6-27-15-29(16-28(7-2)47(27)33(50)51-30-13-24(14-30)34(3,4)31(48)49)46(32-43-17-23(18-44-32)22-8-9-45(5)20-22)19-21-10-25(35(37,38)39)12-26(11-21)36(40,41)42/h8-12,17-18,20,24,27-30H,6-7,13-16,19H2,1-5H3,(H,48,49)/t24?,27-,28+,29?,30?. The minimum absolute atomic E-state index is 0.107. The second-order valence-electron chi connectivity index (χ2n) is 14.2. The highest BCUT2D eigenvalue weighted by molar-refractivity contribution is 5.74. The molecule has 2 aliphatic rings. The monoisotopic (exact) mass is 723 g/mol. The predicted octanol–water partition coefficient (Wildman–Crippen LogP) is 8.57. The number of amides is 1. The van der Waals surface area contributed by atoms with Crippen LogP contribution in [0.3, 0.4) is 0 Å². The first-order valence-corrected chi connectivity index (χ1v) is 17.0. The van der Waals surface area contributed by atoms with Gasteiger partial charge in [0.25, 0.3) is 0 Å². The first-order valence-electron chi connectivity index (χ1n) is 17.0. The van der Waals surface area contributed by atoms with Crippen molar-refractivity contribution in [1.29, 1.82) is 0 Å². The molecular formula is C36H43F6N5O4. The first kappa shape index (κ1) is 37.9. The summed E-state index contributed by atoms with van der Waals surface area (Å²) in [6, 6.07) is 2.21. The number of benzene rings is 1. The fourth-order valence-electron chi connectivity index (χ4n) is 7.12. The molecule has 5 rings (SSSR count). The minimum atomic E-state index is -5.01. The maximum Gasteiger partial charge on any atom is 0.416 e. The van der Waals surface area contributed by atoms with Gasteiger partial charge < -0.3 is 24.2 Å². The molecule has 3 atom stereocenters. The van der Waals surface area contributed by atoms with Gasteiger partial charge in [-0.3, -0.25) is 4.79 Å². The zero-order valence-electron chi connectivity index (χ0n) is 29.1. The lowest BCUT2D eigenvalue weighted by Gasteiger charge is -2.49. The van der Waals surface area contributed by atoms with Gasteiger partial charge in [0.1, 0.15) is 6.10 Å². The SMILES string of the molecule is CC[C@@H]1CC(N(Cc2cc(C(F)(F)F)cc(C(F)(F)F)c2)c2ncc(-c3ccn(C)c3)cn2)C[C@H](CC)N1C(=O)OC1CC(C(C)(C)C(=O)O)C1. The van der Waals surface area contributed by atoms with Crippen molar-refractivity contribution in [3.63, 3.8) is 0 Å². The van der Waals surface area contributed by atoms with E-state index < -0.39 is 53.1 Å². The Hall–Kier alpha value is -4.30. The summed E-state index contributed by atoms with van der Waals surface area (Å²) in [5.74, 6) is -0.926. The molecule has 1 aliphatic heterocycles. The molecule has 2 fully saturated rings. The molecule has 1 aromatic carbocycles. The molecular weight excluding hydrogens is 680 g/mol. The number of carbonyl (C=O) groups is 2. The molecule has 1 unspecified atom stereocenters. The number of rotatable bonds is 10. The number of carbonyl (C=O) groups excluding carboxylic acids is 1. The number of alkyl halides is 6. The molecule has 1 aliphatic carbocycles. The van der Waals surface area contributed by atoms with Crippen LogP contribution in [-0.4, -0.2) is 60.8 Å². The van der Waals surface area contributed by atoms with Gasteiger partial charge in [0, 0.05) is 67.6 Å². The molecule has 51 heavy (non-hydrogen) atoms. The number of nitrogens with zero attached hydrogens (tertiary/aromatic N) is 5. The summed E-state index contributed by atoms with van der Waals surface area (Å²) in [5.41, 5.74) is -2.47. The molecule has 9 nitrogen and oxygen atoms in total. The fraction of sp³-hybridized carbons (Fsp3) is 0.556. The third-order valence-electron chi connectivity index (χ3n) is 10.5. The van der Waals surface area contributed by atoms with Gasteiger partial charge >= 0.3 is 24.4 Å². The molecule has 2 aromatic heterocycles. The van der Waals surface area contributed by atoms with E-state index in [1.54, 1.807) is 36.0 Å². The van der Waals surface area contributed by atoms with Gasteiger partial charge in [-0.2, -0.15) is 26.3 Å². The van der Waals surface area contributed by atoms with Gasteiger partial charge in [-0.15, -0.1) is 0 Å². The smallest absolute Gasteiger partial charge is 0.416 e. The maximum absolute atomic E-state index is 13.8. The number of aromatic nitrogens is 3. The fourth-order valence-corrected chi connectivity index (χ4v) is 7.12. The average Bonchev–Trinajstić information content (AvgIpc) is 3.49. The Labute approximate surface area is 292 Å². The van der Waals surface area contributed by atoms with E-state index in [0.29, 0.717) is 44.1 Å². The number of piperidine rings is 1. The number of aryl methyl sites for hydroxylation is 1. The van der Waals surface area contributed by atoms with E-state index in [1.807, 2.05) is 43.9 Å². The molecule has 1 N–H and O–H groups in total. The van der Waals surface area contributed by atoms with Crippen LogP contribution in [0.1, 0.15) is 82.9 Å². The van der Waals surface area contributed by atoms with E-state index in [-0.39, 0.29) is 42.1 Å². The van der Waals surface area contributed by atoms with Crippen molar-refractivity contribution in [2.45, 2.75) is 109 Å². The van der Waals surface area contributed by atoms with Crippen LogP contribution in [0.2, 0.25) is 0 Å². The van der Waals surface area contributed by atoms with Gasteiger partial charge in [-0.05, 0) is 88.1 Å². The van der Waals surface area contributed by atoms with Gasteiger partial charge in [0.2, 0.25) is 5.95 Å². The summed E-state index contributed by atoms with van der Waals surface area (Å²) >= 11 is 0. The Morgan fingerprint density at radius 1 is 0.902 bits per heavy atom. The lowest BCUT2D eigenvalue weighted by molar-refractivity contribution is -0.155.